The quantitative estimate of drug-likeness (QED) is 0.442. The van der Waals surface area contributed by atoms with Crippen molar-refractivity contribution in [2.24, 2.45) is 0 Å². The lowest BCUT2D eigenvalue weighted by Crippen LogP contribution is -2.07. The largest absolute Gasteiger partial charge is 0.495 e. The van der Waals surface area contributed by atoms with Crippen LogP contribution in [0.15, 0.2) is 42.5 Å². The van der Waals surface area contributed by atoms with Gasteiger partial charge in [0.15, 0.2) is 0 Å². The van der Waals surface area contributed by atoms with Crippen molar-refractivity contribution in [1.82, 2.24) is 9.97 Å². The minimum absolute atomic E-state index is 0.0160. The molecule has 0 bridgehead atoms. The van der Waals surface area contributed by atoms with Gasteiger partial charge in [-0.15, -0.1) is 0 Å². The minimum Gasteiger partial charge on any atom is -0.495 e. The molecule has 28 heavy (non-hydrogen) atoms. The van der Waals surface area contributed by atoms with Crippen molar-refractivity contribution in [3.05, 3.63) is 69.1 Å². The van der Waals surface area contributed by atoms with Gasteiger partial charge >= 0.3 is 5.69 Å². The monoisotopic (exact) mass is 403 g/mol. The first-order chi connectivity index (χ1) is 13.4. The number of hydrogen-bond acceptors (Lipinski definition) is 7. The van der Waals surface area contributed by atoms with Crippen LogP contribution in [0.1, 0.15) is 5.69 Å². The summed E-state index contributed by atoms with van der Waals surface area (Å²) in [5.74, 6) is 0.000290. The lowest BCUT2D eigenvalue weighted by atomic mass is 10.2. The number of rotatable bonds is 6. The zero-order valence-corrected chi connectivity index (χ0v) is 15.6. The number of nitrogens with zero attached hydrogens (tertiary/aromatic N) is 3. The van der Waals surface area contributed by atoms with Crippen LogP contribution in [0.25, 0.3) is 0 Å². The molecule has 0 aliphatic rings. The van der Waals surface area contributed by atoms with Crippen molar-refractivity contribution < 1.29 is 14.1 Å². The molecule has 0 fully saturated rings. The molecule has 0 spiro atoms. The Hall–Kier alpha value is -3.46. The maximum absolute atomic E-state index is 13.3. The number of hydrogen-bond donors (Lipinski definition) is 2. The van der Waals surface area contributed by atoms with E-state index in [2.05, 4.69) is 20.6 Å². The first-order valence-corrected chi connectivity index (χ1v) is 8.42. The van der Waals surface area contributed by atoms with Crippen LogP contribution in [0.2, 0.25) is 5.02 Å². The molecular formula is C18H15ClFN5O3. The Morgan fingerprint density at radius 3 is 2.61 bits per heavy atom. The Kier molecular flexibility index (Phi) is 5.55. The van der Waals surface area contributed by atoms with Crippen molar-refractivity contribution in [2.45, 2.75) is 6.92 Å². The second-order valence-electron chi connectivity index (χ2n) is 5.67. The second-order valence-corrected chi connectivity index (χ2v) is 6.07. The first kappa shape index (κ1) is 19.3. The van der Waals surface area contributed by atoms with E-state index in [-0.39, 0.29) is 28.2 Å². The maximum Gasteiger partial charge on any atom is 0.332 e. The van der Waals surface area contributed by atoms with E-state index in [4.69, 9.17) is 16.3 Å². The normalized spacial score (nSPS) is 10.4. The van der Waals surface area contributed by atoms with E-state index in [1.54, 1.807) is 24.3 Å². The number of aryl methyl sites for hydroxylation is 1. The van der Waals surface area contributed by atoms with Crippen LogP contribution in [0.5, 0.6) is 5.75 Å². The summed E-state index contributed by atoms with van der Waals surface area (Å²) >= 11 is 5.78. The molecule has 0 saturated carbocycles. The number of methoxy groups -OCH3 is 1. The number of benzene rings is 2. The maximum atomic E-state index is 13.3. The van der Waals surface area contributed by atoms with Crippen molar-refractivity contribution in [2.75, 3.05) is 17.7 Å². The molecule has 0 radical (unpaired) electrons. The molecule has 1 aromatic heterocycles. The van der Waals surface area contributed by atoms with Crippen LogP contribution in [0.3, 0.4) is 0 Å². The minimum atomic E-state index is -0.564. The fourth-order valence-electron chi connectivity index (χ4n) is 2.51. The highest BCUT2D eigenvalue weighted by molar-refractivity contribution is 6.31. The summed E-state index contributed by atoms with van der Waals surface area (Å²) in [4.78, 5) is 19.3. The molecule has 0 atom stereocenters. The van der Waals surface area contributed by atoms with Gasteiger partial charge in [-0.1, -0.05) is 23.7 Å². The van der Waals surface area contributed by atoms with E-state index in [9.17, 15) is 14.5 Å². The molecule has 0 unspecified atom stereocenters. The number of aromatic nitrogens is 2. The van der Waals surface area contributed by atoms with Gasteiger partial charge in [0.2, 0.25) is 11.8 Å². The van der Waals surface area contributed by atoms with Gasteiger partial charge in [-0.05, 0) is 37.3 Å². The zero-order chi connectivity index (χ0) is 20.3. The third kappa shape index (κ3) is 4.09. The molecule has 8 nitrogen and oxygen atoms in total. The summed E-state index contributed by atoms with van der Waals surface area (Å²) in [6, 6.07) is 10.9. The molecule has 1 heterocycles. The van der Waals surface area contributed by atoms with E-state index >= 15 is 0 Å². The lowest BCUT2D eigenvalue weighted by molar-refractivity contribution is -0.385. The average molecular weight is 404 g/mol. The lowest BCUT2D eigenvalue weighted by Gasteiger charge is -2.13. The Balaban J connectivity index is 2.02. The SMILES string of the molecule is COc1ccccc1Nc1nc(Nc2ccc(F)c(Cl)c2)nc(C)c1[N+](=O)[O-]. The van der Waals surface area contributed by atoms with E-state index in [0.717, 1.165) is 0 Å². The Morgan fingerprint density at radius 2 is 1.93 bits per heavy atom. The summed E-state index contributed by atoms with van der Waals surface area (Å²) in [7, 11) is 1.49. The van der Waals surface area contributed by atoms with E-state index < -0.39 is 10.7 Å². The number of halogens is 2. The second kappa shape index (κ2) is 8.05. The topological polar surface area (TPSA) is 102 Å². The molecule has 3 rings (SSSR count). The third-order valence-electron chi connectivity index (χ3n) is 3.78. The van der Waals surface area contributed by atoms with E-state index in [1.165, 1.54) is 32.2 Å². The summed E-state index contributed by atoms with van der Waals surface area (Å²) < 4.78 is 18.6. The third-order valence-corrected chi connectivity index (χ3v) is 4.07. The van der Waals surface area contributed by atoms with Crippen LogP contribution in [0, 0.1) is 22.9 Å². The highest BCUT2D eigenvalue weighted by atomic mass is 35.5. The van der Waals surface area contributed by atoms with Crippen molar-refractivity contribution in [1.29, 1.82) is 0 Å². The van der Waals surface area contributed by atoms with E-state index in [0.29, 0.717) is 17.1 Å². The number of anilines is 4. The number of ether oxygens (including phenoxy) is 1. The molecule has 0 saturated heterocycles. The molecule has 2 aromatic carbocycles. The van der Waals surface area contributed by atoms with Gasteiger partial charge in [0, 0.05) is 5.69 Å². The predicted octanol–water partition coefficient (Wildman–Crippen LogP) is 4.98. The van der Waals surface area contributed by atoms with Gasteiger partial charge in [-0.3, -0.25) is 10.1 Å². The van der Waals surface area contributed by atoms with E-state index in [1.807, 2.05) is 0 Å². The van der Waals surface area contributed by atoms with Gasteiger partial charge in [0.25, 0.3) is 0 Å². The number of nitrogens with one attached hydrogen (secondary N) is 2. The van der Waals surface area contributed by atoms with Crippen molar-refractivity contribution >= 4 is 40.4 Å². The van der Waals surface area contributed by atoms with Gasteiger partial charge in [0.05, 0.1) is 22.7 Å². The Bertz CT molecular complexity index is 1050. The van der Waals surface area contributed by atoms with Crippen molar-refractivity contribution in [3.8, 4) is 5.75 Å². The summed E-state index contributed by atoms with van der Waals surface area (Å²) in [5, 5.41) is 17.2. The van der Waals surface area contributed by atoms with Crippen LogP contribution >= 0.6 is 11.6 Å². The zero-order valence-electron chi connectivity index (χ0n) is 14.9. The highest BCUT2D eigenvalue weighted by Gasteiger charge is 2.23. The van der Waals surface area contributed by atoms with Gasteiger partial charge in [0.1, 0.15) is 17.3 Å². The smallest absolute Gasteiger partial charge is 0.332 e. The van der Waals surface area contributed by atoms with Crippen LogP contribution in [-0.2, 0) is 0 Å². The van der Waals surface area contributed by atoms with Gasteiger partial charge in [-0.25, -0.2) is 9.37 Å². The molecule has 10 heteroatoms. The van der Waals surface area contributed by atoms with Crippen LogP contribution < -0.4 is 15.4 Å². The summed E-state index contributed by atoms with van der Waals surface area (Å²) in [6.45, 7) is 1.50. The standard InChI is InChI=1S/C18H15ClFN5O3/c1-10-16(25(26)27)17(23-14-5-3-4-6-15(14)28-2)24-18(21-10)22-11-7-8-13(20)12(19)9-11/h3-9H,1-2H3,(H2,21,22,23,24). The highest BCUT2D eigenvalue weighted by Crippen LogP contribution is 2.33. The van der Waals surface area contributed by atoms with Crippen LogP contribution in [0.4, 0.5) is 33.2 Å². The van der Waals surface area contributed by atoms with Crippen LogP contribution in [-0.4, -0.2) is 22.0 Å². The van der Waals surface area contributed by atoms with Gasteiger partial charge < -0.3 is 15.4 Å². The molecule has 0 aliphatic carbocycles. The Morgan fingerprint density at radius 1 is 1.18 bits per heavy atom. The number of nitro groups is 1. The van der Waals surface area contributed by atoms with Gasteiger partial charge in [-0.2, -0.15) is 4.98 Å². The predicted molar refractivity (Wildman–Crippen MR) is 104 cm³/mol. The first-order valence-electron chi connectivity index (χ1n) is 8.04. The molecule has 3 aromatic rings. The fraction of sp³-hybridized carbons (Fsp3) is 0.111. The average Bonchev–Trinajstić information content (AvgIpc) is 2.64. The molecule has 0 amide bonds. The molecular weight excluding hydrogens is 389 g/mol. The fourth-order valence-corrected chi connectivity index (χ4v) is 2.69. The summed E-state index contributed by atoms with van der Waals surface area (Å²) in [5.41, 5.74) is 0.812. The van der Waals surface area contributed by atoms with Crippen molar-refractivity contribution in [3.63, 3.8) is 0 Å². The molecule has 144 valence electrons. The number of para-hydroxylation sites is 2. The molecule has 0 aliphatic heterocycles. The molecule has 2 N–H and O–H groups in total. The summed E-state index contributed by atoms with van der Waals surface area (Å²) in [6.07, 6.45) is 0. The Labute approximate surface area is 164 Å².